The maximum atomic E-state index is 13.8. The van der Waals surface area contributed by atoms with Crippen molar-refractivity contribution in [3.8, 4) is 0 Å². The summed E-state index contributed by atoms with van der Waals surface area (Å²) in [6.45, 7) is 6.47. The minimum atomic E-state index is -1.59. The van der Waals surface area contributed by atoms with E-state index in [2.05, 4.69) is 29.6 Å². The largest absolute Gasteiger partial charge is 0.380 e. The molecule has 3 rings (SSSR count). The van der Waals surface area contributed by atoms with E-state index in [1.807, 2.05) is 0 Å². The molecule has 26 heavy (non-hydrogen) atoms. The molecule has 4 nitrogen and oxygen atoms in total. The number of aliphatic hydroxyl groups excluding tert-OH is 1. The highest BCUT2D eigenvalue weighted by Crippen LogP contribution is 2.31. The Labute approximate surface area is 160 Å². The number of imidazole rings is 1. The molecule has 0 saturated carbocycles. The Morgan fingerprint density at radius 2 is 1.92 bits per heavy atom. The summed E-state index contributed by atoms with van der Waals surface area (Å²) in [6.07, 6.45) is 0.769. The standard InChI is InChI=1S/C17H17Cl2F2N3OSi/c1-26(2,3)8-24-16(19)15(18)23-17(24)14(25)10-6-9-4-5-11(20)12(21)13(9)22-7-10/h4-7,14,25H,8H2,1-3H3. The monoisotopic (exact) mass is 415 g/mol. The van der Waals surface area contributed by atoms with Crippen LogP contribution in [0.3, 0.4) is 0 Å². The molecule has 0 spiro atoms. The Kier molecular flexibility index (Phi) is 5.09. The first-order valence-corrected chi connectivity index (χ1v) is 12.4. The van der Waals surface area contributed by atoms with E-state index >= 15 is 0 Å². The highest BCUT2D eigenvalue weighted by molar-refractivity contribution is 6.75. The predicted molar refractivity (Wildman–Crippen MR) is 101 cm³/mol. The highest BCUT2D eigenvalue weighted by Gasteiger charge is 2.26. The summed E-state index contributed by atoms with van der Waals surface area (Å²) < 4.78 is 28.8. The SMILES string of the molecule is C[Si](C)(C)Cn1c(C(O)c2cnc3c(F)c(F)ccc3c2)nc(Cl)c1Cl. The third-order valence-electron chi connectivity index (χ3n) is 3.85. The van der Waals surface area contributed by atoms with Gasteiger partial charge >= 0.3 is 0 Å². The Bertz CT molecular complexity index is 988. The smallest absolute Gasteiger partial charge is 0.184 e. The molecule has 2 heterocycles. The molecule has 0 aliphatic rings. The van der Waals surface area contributed by atoms with E-state index in [1.54, 1.807) is 10.6 Å². The summed E-state index contributed by atoms with van der Waals surface area (Å²) in [6, 6.07) is 3.98. The van der Waals surface area contributed by atoms with Crippen LogP contribution in [0.25, 0.3) is 10.9 Å². The van der Waals surface area contributed by atoms with Crippen molar-refractivity contribution in [2.24, 2.45) is 0 Å². The molecular weight excluding hydrogens is 399 g/mol. The molecule has 9 heteroatoms. The van der Waals surface area contributed by atoms with E-state index in [4.69, 9.17) is 23.2 Å². The Balaban J connectivity index is 2.07. The van der Waals surface area contributed by atoms with Gasteiger partial charge in [-0.3, -0.25) is 4.98 Å². The Hall–Kier alpha value is -1.54. The minimum Gasteiger partial charge on any atom is -0.380 e. The van der Waals surface area contributed by atoms with Gasteiger partial charge in [-0.25, -0.2) is 13.8 Å². The van der Waals surface area contributed by atoms with Crippen LogP contribution in [0.1, 0.15) is 17.5 Å². The number of fused-ring (bicyclic) bond motifs is 1. The van der Waals surface area contributed by atoms with E-state index < -0.39 is 25.8 Å². The lowest BCUT2D eigenvalue weighted by molar-refractivity contribution is 0.205. The van der Waals surface area contributed by atoms with Crippen LogP contribution in [0.4, 0.5) is 8.78 Å². The molecule has 0 aliphatic heterocycles. The molecule has 0 fully saturated rings. The number of aromatic nitrogens is 3. The molecule has 0 radical (unpaired) electrons. The first kappa shape index (κ1) is 19.2. The number of hydrogen-bond donors (Lipinski definition) is 1. The van der Waals surface area contributed by atoms with Gasteiger partial charge in [0.2, 0.25) is 0 Å². The lowest BCUT2D eigenvalue weighted by atomic mass is 10.1. The van der Waals surface area contributed by atoms with E-state index in [1.165, 1.54) is 12.3 Å². The van der Waals surface area contributed by atoms with Crippen molar-refractivity contribution >= 4 is 42.2 Å². The number of pyridine rings is 1. The first-order chi connectivity index (χ1) is 12.1. The molecule has 0 saturated heterocycles. The van der Waals surface area contributed by atoms with Crippen molar-refractivity contribution < 1.29 is 13.9 Å². The van der Waals surface area contributed by atoms with E-state index in [0.717, 1.165) is 6.07 Å². The zero-order valence-electron chi connectivity index (χ0n) is 14.4. The van der Waals surface area contributed by atoms with Gasteiger partial charge in [0.05, 0.1) is 8.07 Å². The lowest BCUT2D eigenvalue weighted by Gasteiger charge is -2.21. The van der Waals surface area contributed by atoms with Gasteiger partial charge in [-0.1, -0.05) is 42.8 Å². The van der Waals surface area contributed by atoms with Gasteiger partial charge in [0.25, 0.3) is 0 Å². The summed E-state index contributed by atoms with van der Waals surface area (Å²) in [4.78, 5) is 8.14. The Morgan fingerprint density at radius 1 is 1.23 bits per heavy atom. The van der Waals surface area contributed by atoms with E-state index in [9.17, 15) is 13.9 Å². The van der Waals surface area contributed by atoms with Gasteiger partial charge in [0.15, 0.2) is 16.8 Å². The summed E-state index contributed by atoms with van der Waals surface area (Å²) in [7, 11) is -1.59. The van der Waals surface area contributed by atoms with E-state index in [-0.39, 0.29) is 15.8 Å². The first-order valence-electron chi connectivity index (χ1n) is 7.91. The van der Waals surface area contributed by atoms with Gasteiger partial charge in [0, 0.05) is 23.3 Å². The fraction of sp³-hybridized carbons (Fsp3) is 0.294. The van der Waals surface area contributed by atoms with Gasteiger partial charge in [0.1, 0.15) is 22.6 Å². The second-order valence-corrected chi connectivity index (χ2v) is 13.5. The molecule has 2 aromatic heterocycles. The molecule has 1 N–H and O–H groups in total. The molecular formula is C17H17Cl2F2N3OSi. The van der Waals surface area contributed by atoms with Crippen LogP contribution >= 0.6 is 23.2 Å². The number of aliphatic hydroxyl groups is 1. The minimum absolute atomic E-state index is 0.0949. The number of nitrogens with zero attached hydrogens (tertiary/aromatic N) is 3. The number of benzene rings is 1. The third-order valence-corrected chi connectivity index (χ3v) is 5.86. The van der Waals surface area contributed by atoms with Crippen LogP contribution in [0, 0.1) is 11.6 Å². The summed E-state index contributed by atoms with van der Waals surface area (Å²) in [5.41, 5.74) is 0.293. The van der Waals surface area contributed by atoms with Crippen LogP contribution in [0.5, 0.6) is 0 Å². The zero-order valence-corrected chi connectivity index (χ0v) is 16.9. The second-order valence-electron chi connectivity index (χ2n) is 7.30. The van der Waals surface area contributed by atoms with Gasteiger partial charge in [-0.05, 0) is 18.2 Å². The second kappa shape index (κ2) is 6.88. The van der Waals surface area contributed by atoms with Crippen molar-refractivity contribution in [3.05, 3.63) is 57.7 Å². The Morgan fingerprint density at radius 3 is 2.58 bits per heavy atom. The third kappa shape index (κ3) is 3.62. The molecule has 0 bridgehead atoms. The van der Waals surface area contributed by atoms with Crippen molar-refractivity contribution in [1.29, 1.82) is 0 Å². The van der Waals surface area contributed by atoms with Crippen LogP contribution in [-0.2, 0) is 6.17 Å². The van der Waals surface area contributed by atoms with Crippen LogP contribution < -0.4 is 0 Å². The number of hydrogen-bond acceptors (Lipinski definition) is 3. The van der Waals surface area contributed by atoms with Gasteiger partial charge < -0.3 is 9.67 Å². The van der Waals surface area contributed by atoms with Crippen molar-refractivity contribution in [1.82, 2.24) is 14.5 Å². The molecule has 1 aromatic carbocycles. The fourth-order valence-corrected chi connectivity index (χ4v) is 4.46. The van der Waals surface area contributed by atoms with Crippen molar-refractivity contribution in [3.63, 3.8) is 0 Å². The molecule has 0 amide bonds. The topological polar surface area (TPSA) is 50.9 Å². The summed E-state index contributed by atoms with van der Waals surface area (Å²) >= 11 is 12.3. The quantitative estimate of drug-likeness (QED) is 0.611. The molecule has 138 valence electrons. The average molecular weight is 416 g/mol. The molecule has 3 aromatic rings. The maximum absolute atomic E-state index is 13.8. The number of rotatable bonds is 4. The lowest BCUT2D eigenvalue weighted by Crippen LogP contribution is -2.29. The summed E-state index contributed by atoms with van der Waals surface area (Å²) in [5.74, 6) is -1.69. The summed E-state index contributed by atoms with van der Waals surface area (Å²) in [5, 5.41) is 11.6. The average Bonchev–Trinajstić information content (AvgIpc) is 2.84. The predicted octanol–water partition coefficient (Wildman–Crippen LogP) is 4.98. The van der Waals surface area contributed by atoms with Gasteiger partial charge in [-0.2, -0.15) is 0 Å². The van der Waals surface area contributed by atoms with Crippen molar-refractivity contribution in [2.45, 2.75) is 31.9 Å². The van der Waals surface area contributed by atoms with Gasteiger partial charge in [-0.15, -0.1) is 0 Å². The molecule has 1 unspecified atom stereocenters. The van der Waals surface area contributed by atoms with E-state index in [0.29, 0.717) is 22.9 Å². The van der Waals surface area contributed by atoms with Crippen molar-refractivity contribution in [2.75, 3.05) is 0 Å². The molecule has 1 atom stereocenters. The van der Waals surface area contributed by atoms with Crippen LogP contribution in [0.15, 0.2) is 24.4 Å². The number of halogens is 4. The maximum Gasteiger partial charge on any atom is 0.184 e. The molecule has 0 aliphatic carbocycles. The zero-order chi connectivity index (χ0) is 19.2. The normalized spacial score (nSPS) is 13.4. The van der Waals surface area contributed by atoms with Crippen LogP contribution in [0.2, 0.25) is 29.9 Å². The van der Waals surface area contributed by atoms with Crippen LogP contribution in [-0.4, -0.2) is 27.7 Å². The fourth-order valence-electron chi connectivity index (χ4n) is 2.71. The highest BCUT2D eigenvalue weighted by atomic mass is 35.5.